The molecule has 0 bridgehead atoms. The van der Waals surface area contributed by atoms with Gasteiger partial charge in [0.25, 0.3) is 0 Å². The quantitative estimate of drug-likeness (QED) is 0.197. The molecule has 174 valence electrons. The summed E-state index contributed by atoms with van der Waals surface area (Å²) in [6, 6.07) is 19.8. The van der Waals surface area contributed by atoms with Crippen molar-refractivity contribution in [2.24, 2.45) is 5.16 Å². The highest BCUT2D eigenvalue weighted by molar-refractivity contribution is 6.01. The summed E-state index contributed by atoms with van der Waals surface area (Å²) in [5.41, 5.74) is 5.24. The van der Waals surface area contributed by atoms with Crippen LogP contribution in [-0.2, 0) is 22.5 Å². The maximum absolute atomic E-state index is 10.9. The first-order valence-electron chi connectivity index (χ1n) is 11.5. The minimum absolute atomic E-state index is 0.244. The fourth-order valence-electron chi connectivity index (χ4n) is 4.22. The molecule has 6 nitrogen and oxygen atoms in total. The summed E-state index contributed by atoms with van der Waals surface area (Å²) >= 11 is 0. The van der Waals surface area contributed by atoms with Gasteiger partial charge in [0, 0.05) is 24.7 Å². The van der Waals surface area contributed by atoms with Crippen molar-refractivity contribution in [1.29, 1.82) is 0 Å². The number of rotatable bonds is 10. The lowest BCUT2D eigenvalue weighted by molar-refractivity contribution is -0.139. The molecule has 0 amide bonds. The average Bonchev–Trinajstić information content (AvgIpc) is 2.87. The van der Waals surface area contributed by atoms with Gasteiger partial charge in [-0.3, -0.25) is 4.98 Å². The van der Waals surface area contributed by atoms with Gasteiger partial charge >= 0.3 is 5.97 Å². The lowest BCUT2D eigenvalue weighted by Crippen LogP contribution is -2.14. The standard InChI is InChI=1S/C28H28N2O4/c31-28(32)20-33-27-15-5-13-24-22(11-4-14-25(24)27)12-7-17-34-30-26(23-9-2-1-3-10-23)18-21-8-6-16-29-19-21/h1-3,5-10,12-13,15-16,19,22H,4,11,14,17-18,20H2,(H,31,32). The molecule has 2 aromatic carbocycles. The Hall–Kier alpha value is -3.93. The number of hydrogen-bond acceptors (Lipinski definition) is 5. The number of pyridine rings is 1. The number of benzene rings is 2. The Balaban J connectivity index is 1.41. The number of carbonyl (C=O) groups is 1. The molecule has 0 saturated carbocycles. The van der Waals surface area contributed by atoms with Gasteiger partial charge in [-0.05, 0) is 59.7 Å². The Morgan fingerprint density at radius 1 is 1.12 bits per heavy atom. The fourth-order valence-corrected chi connectivity index (χ4v) is 4.22. The molecule has 6 heteroatoms. The Bertz CT molecular complexity index is 1140. The monoisotopic (exact) mass is 456 g/mol. The van der Waals surface area contributed by atoms with Gasteiger partial charge in [-0.25, -0.2) is 4.79 Å². The average molecular weight is 457 g/mol. The van der Waals surface area contributed by atoms with Crippen molar-refractivity contribution < 1.29 is 19.5 Å². The largest absolute Gasteiger partial charge is 0.482 e. The lowest BCUT2D eigenvalue weighted by Gasteiger charge is -2.25. The van der Waals surface area contributed by atoms with Crippen molar-refractivity contribution in [3.63, 3.8) is 0 Å². The van der Waals surface area contributed by atoms with E-state index in [2.05, 4.69) is 22.3 Å². The Labute approximate surface area is 199 Å². The van der Waals surface area contributed by atoms with Crippen LogP contribution >= 0.6 is 0 Å². The summed E-state index contributed by atoms with van der Waals surface area (Å²) in [6.45, 7) is 0.0377. The highest BCUT2D eigenvalue weighted by atomic mass is 16.6. The van der Waals surface area contributed by atoms with Crippen LogP contribution in [0.3, 0.4) is 0 Å². The third kappa shape index (κ3) is 6.32. The number of carboxylic acid groups (broad SMARTS) is 1. The van der Waals surface area contributed by atoms with E-state index in [1.165, 1.54) is 5.56 Å². The van der Waals surface area contributed by atoms with Crippen LogP contribution in [0, 0.1) is 0 Å². The molecule has 0 aliphatic heterocycles. The summed E-state index contributed by atoms with van der Waals surface area (Å²) in [6.07, 6.45) is 11.3. The number of carboxylic acids is 1. The molecule has 0 radical (unpaired) electrons. The lowest BCUT2D eigenvalue weighted by atomic mass is 9.82. The van der Waals surface area contributed by atoms with Gasteiger partial charge in [0.2, 0.25) is 0 Å². The number of oxime groups is 1. The molecule has 1 heterocycles. The summed E-state index contributed by atoms with van der Waals surface area (Å²) in [4.78, 5) is 20.8. The molecule has 1 aliphatic rings. The van der Waals surface area contributed by atoms with E-state index in [1.54, 1.807) is 6.20 Å². The summed E-state index contributed by atoms with van der Waals surface area (Å²) in [5.74, 6) is -0.0589. The van der Waals surface area contributed by atoms with Crippen molar-refractivity contribution in [1.82, 2.24) is 4.98 Å². The molecule has 0 fully saturated rings. The van der Waals surface area contributed by atoms with Crippen LogP contribution < -0.4 is 4.74 Å². The molecular formula is C28H28N2O4. The molecule has 1 aliphatic carbocycles. The maximum Gasteiger partial charge on any atom is 0.341 e. The number of aromatic nitrogens is 1. The molecule has 4 rings (SSSR count). The van der Waals surface area contributed by atoms with Gasteiger partial charge in [0.05, 0.1) is 5.71 Å². The molecule has 1 unspecified atom stereocenters. The summed E-state index contributed by atoms with van der Waals surface area (Å²) in [7, 11) is 0. The van der Waals surface area contributed by atoms with Gasteiger partial charge < -0.3 is 14.7 Å². The van der Waals surface area contributed by atoms with Crippen molar-refractivity contribution in [2.45, 2.75) is 31.6 Å². The number of allylic oxidation sites excluding steroid dienone is 1. The van der Waals surface area contributed by atoms with E-state index in [1.807, 2.05) is 66.9 Å². The number of ether oxygens (including phenoxy) is 1. The molecule has 1 atom stereocenters. The molecule has 1 N–H and O–H groups in total. The minimum atomic E-state index is -0.971. The Morgan fingerprint density at radius 2 is 2.00 bits per heavy atom. The Morgan fingerprint density at radius 3 is 2.79 bits per heavy atom. The van der Waals surface area contributed by atoms with Crippen LogP contribution in [0.15, 0.2) is 90.4 Å². The second kappa shape index (κ2) is 11.8. The maximum atomic E-state index is 10.9. The van der Waals surface area contributed by atoms with E-state index >= 15 is 0 Å². The highest BCUT2D eigenvalue weighted by Gasteiger charge is 2.21. The van der Waals surface area contributed by atoms with Crippen LogP contribution in [0.4, 0.5) is 0 Å². The number of aliphatic carboxylic acids is 1. The molecule has 3 aromatic rings. The molecule has 0 spiro atoms. The summed E-state index contributed by atoms with van der Waals surface area (Å²) in [5, 5.41) is 13.4. The Kier molecular flexibility index (Phi) is 8.06. The molecule has 34 heavy (non-hydrogen) atoms. The van der Waals surface area contributed by atoms with E-state index in [9.17, 15) is 4.79 Å². The smallest absolute Gasteiger partial charge is 0.341 e. The first-order valence-corrected chi connectivity index (χ1v) is 11.5. The fraction of sp³-hybridized carbons (Fsp3) is 0.250. The second-order valence-electron chi connectivity index (χ2n) is 8.17. The van der Waals surface area contributed by atoms with Crippen LogP contribution in [0.5, 0.6) is 5.75 Å². The second-order valence-corrected chi connectivity index (χ2v) is 8.17. The third-order valence-corrected chi connectivity index (χ3v) is 5.78. The number of fused-ring (bicyclic) bond motifs is 1. The van der Waals surface area contributed by atoms with Gasteiger partial charge in [-0.15, -0.1) is 0 Å². The van der Waals surface area contributed by atoms with E-state index in [0.29, 0.717) is 18.8 Å². The molecule has 1 aromatic heterocycles. The third-order valence-electron chi connectivity index (χ3n) is 5.78. The highest BCUT2D eigenvalue weighted by Crippen LogP contribution is 2.37. The summed E-state index contributed by atoms with van der Waals surface area (Å²) < 4.78 is 5.50. The zero-order valence-electron chi connectivity index (χ0n) is 19.0. The van der Waals surface area contributed by atoms with Crippen molar-refractivity contribution in [3.05, 3.63) is 107 Å². The van der Waals surface area contributed by atoms with Crippen LogP contribution in [-0.4, -0.2) is 35.0 Å². The van der Waals surface area contributed by atoms with Crippen LogP contribution in [0.25, 0.3) is 0 Å². The van der Waals surface area contributed by atoms with Crippen LogP contribution in [0.2, 0.25) is 0 Å². The van der Waals surface area contributed by atoms with Gasteiger partial charge in [-0.1, -0.05) is 59.8 Å². The SMILES string of the molecule is O=C(O)COc1cccc2c1CCCC2C=CCON=C(Cc1cccnc1)c1ccccc1. The zero-order chi connectivity index (χ0) is 23.6. The predicted molar refractivity (Wildman–Crippen MR) is 131 cm³/mol. The molecule has 0 saturated heterocycles. The van der Waals surface area contributed by atoms with Crippen molar-refractivity contribution in [3.8, 4) is 5.75 Å². The van der Waals surface area contributed by atoms with E-state index in [-0.39, 0.29) is 12.5 Å². The molecular weight excluding hydrogens is 428 g/mol. The van der Waals surface area contributed by atoms with Crippen molar-refractivity contribution in [2.75, 3.05) is 13.2 Å². The van der Waals surface area contributed by atoms with E-state index < -0.39 is 5.97 Å². The van der Waals surface area contributed by atoms with Crippen LogP contribution in [0.1, 0.15) is 41.0 Å². The predicted octanol–water partition coefficient (Wildman–Crippen LogP) is 5.18. The van der Waals surface area contributed by atoms with Crippen molar-refractivity contribution >= 4 is 11.7 Å². The van der Waals surface area contributed by atoms with Gasteiger partial charge in [0.15, 0.2) is 6.61 Å². The topological polar surface area (TPSA) is 81.0 Å². The number of nitrogens with zero attached hydrogens (tertiary/aromatic N) is 2. The zero-order valence-corrected chi connectivity index (χ0v) is 19.0. The first-order chi connectivity index (χ1) is 16.7. The minimum Gasteiger partial charge on any atom is -0.482 e. The first kappa shape index (κ1) is 23.2. The van der Waals surface area contributed by atoms with Gasteiger partial charge in [-0.2, -0.15) is 0 Å². The number of hydrogen-bond donors (Lipinski definition) is 1. The van der Waals surface area contributed by atoms with E-state index in [4.69, 9.17) is 14.7 Å². The van der Waals surface area contributed by atoms with E-state index in [0.717, 1.165) is 41.7 Å². The normalized spacial score (nSPS) is 15.6. The van der Waals surface area contributed by atoms with Gasteiger partial charge in [0.1, 0.15) is 12.4 Å².